The monoisotopic (exact) mass is 358 g/mol. The topological polar surface area (TPSA) is 85.6 Å². The zero-order chi connectivity index (χ0) is 19.1. The number of fused-ring (bicyclic) bond motifs is 1. The molecule has 0 atom stereocenters. The summed E-state index contributed by atoms with van der Waals surface area (Å²) in [7, 11) is 0. The number of hydrogen-bond acceptors (Lipinski definition) is 4. The molecule has 0 saturated carbocycles. The van der Waals surface area contributed by atoms with Gasteiger partial charge in [0.05, 0.1) is 16.6 Å². The second-order valence-electron chi connectivity index (χ2n) is 6.40. The molecule has 0 aliphatic heterocycles. The summed E-state index contributed by atoms with van der Waals surface area (Å²) in [6.45, 7) is 3.84. The third kappa shape index (κ3) is 2.70. The van der Waals surface area contributed by atoms with Crippen LogP contribution in [0, 0.1) is 31.0 Å². The van der Waals surface area contributed by atoms with E-state index in [4.69, 9.17) is 0 Å². The predicted molar refractivity (Wildman–Crippen MR) is 101 cm³/mol. The number of halogens is 1. The fourth-order valence-electron chi connectivity index (χ4n) is 3.21. The van der Waals surface area contributed by atoms with Crippen LogP contribution in [0.25, 0.3) is 33.4 Å². The van der Waals surface area contributed by atoms with Gasteiger partial charge in [-0.15, -0.1) is 0 Å². The quantitative estimate of drug-likeness (QED) is 0.547. The number of aromatic hydroxyl groups is 1. The number of hydrogen-bond donors (Lipinski definition) is 2. The number of nitrogens with zero attached hydrogens (tertiary/aromatic N) is 3. The van der Waals surface area contributed by atoms with Crippen molar-refractivity contribution in [2.75, 3.05) is 0 Å². The van der Waals surface area contributed by atoms with E-state index in [1.54, 1.807) is 0 Å². The molecule has 2 aromatic carbocycles. The van der Waals surface area contributed by atoms with E-state index < -0.39 is 5.82 Å². The minimum absolute atomic E-state index is 0.139. The van der Waals surface area contributed by atoms with Crippen molar-refractivity contribution in [1.29, 1.82) is 5.26 Å². The van der Waals surface area contributed by atoms with Crippen LogP contribution in [0.15, 0.2) is 42.5 Å². The number of aromatic nitrogens is 3. The summed E-state index contributed by atoms with van der Waals surface area (Å²) < 4.78 is 14.5. The van der Waals surface area contributed by atoms with E-state index in [2.05, 4.69) is 21.3 Å². The van der Waals surface area contributed by atoms with Crippen LogP contribution < -0.4 is 0 Å². The van der Waals surface area contributed by atoms with Crippen LogP contribution in [0.3, 0.4) is 0 Å². The lowest BCUT2D eigenvalue weighted by Crippen LogP contribution is -1.98. The maximum atomic E-state index is 14.5. The van der Waals surface area contributed by atoms with Crippen molar-refractivity contribution in [3.8, 4) is 34.2 Å². The molecule has 5 nitrogen and oxygen atoms in total. The summed E-state index contributed by atoms with van der Waals surface area (Å²) in [5, 5.41) is 27.3. The molecule has 0 saturated heterocycles. The van der Waals surface area contributed by atoms with Crippen LogP contribution >= 0.6 is 0 Å². The summed E-state index contributed by atoms with van der Waals surface area (Å²) >= 11 is 0. The minimum atomic E-state index is -0.652. The Morgan fingerprint density at radius 3 is 2.52 bits per heavy atom. The number of benzene rings is 2. The van der Waals surface area contributed by atoms with Gasteiger partial charge < -0.3 is 5.11 Å². The second-order valence-corrected chi connectivity index (χ2v) is 6.40. The van der Waals surface area contributed by atoms with Crippen molar-refractivity contribution in [3.05, 3.63) is 65.1 Å². The maximum Gasteiger partial charge on any atom is 0.182 e. The summed E-state index contributed by atoms with van der Waals surface area (Å²) in [4.78, 5) is 4.44. The molecule has 2 N–H and O–H groups in total. The van der Waals surface area contributed by atoms with E-state index in [-0.39, 0.29) is 22.6 Å². The van der Waals surface area contributed by atoms with Gasteiger partial charge in [-0.05, 0) is 31.5 Å². The number of nitrogens with one attached hydrogen (secondary N) is 1. The van der Waals surface area contributed by atoms with E-state index in [1.807, 2.05) is 38.1 Å². The number of aryl methyl sites for hydroxylation is 2. The highest BCUT2D eigenvalue weighted by Crippen LogP contribution is 2.38. The minimum Gasteiger partial charge on any atom is -0.508 e. The van der Waals surface area contributed by atoms with Gasteiger partial charge in [-0.25, -0.2) is 9.37 Å². The Bertz CT molecular complexity index is 1220. The summed E-state index contributed by atoms with van der Waals surface area (Å²) in [6.07, 6.45) is 0. The van der Waals surface area contributed by atoms with E-state index in [0.717, 1.165) is 28.3 Å². The fraction of sp³-hybridized carbons (Fsp3) is 0.0952. The number of H-pyrrole nitrogens is 1. The van der Waals surface area contributed by atoms with Gasteiger partial charge in [-0.1, -0.05) is 29.8 Å². The molecule has 0 radical (unpaired) electrons. The lowest BCUT2D eigenvalue weighted by Gasteiger charge is -2.12. The molecular formula is C21H15FN4O. The first-order valence-electron chi connectivity index (χ1n) is 8.34. The van der Waals surface area contributed by atoms with Gasteiger partial charge in [0.15, 0.2) is 5.65 Å². The molecule has 0 fully saturated rings. The van der Waals surface area contributed by atoms with Crippen molar-refractivity contribution < 1.29 is 9.50 Å². The van der Waals surface area contributed by atoms with Gasteiger partial charge in [0, 0.05) is 22.9 Å². The van der Waals surface area contributed by atoms with Crippen molar-refractivity contribution in [1.82, 2.24) is 15.2 Å². The van der Waals surface area contributed by atoms with E-state index in [1.165, 1.54) is 12.1 Å². The van der Waals surface area contributed by atoms with Gasteiger partial charge in [0.2, 0.25) is 0 Å². The third-order valence-electron chi connectivity index (χ3n) is 4.54. The lowest BCUT2D eigenvalue weighted by atomic mass is 9.93. The molecule has 0 unspecified atom stereocenters. The predicted octanol–water partition coefficient (Wildman–Crippen LogP) is 4.63. The molecule has 0 aliphatic carbocycles. The molecular weight excluding hydrogens is 343 g/mol. The first-order chi connectivity index (χ1) is 13.0. The SMILES string of the molecule is Cc1ccc(-c2c(C#N)c(-c3ccc(O)cc3F)nc3n[nH]c(C)c23)cc1. The van der Waals surface area contributed by atoms with Gasteiger partial charge in [0.1, 0.15) is 17.6 Å². The van der Waals surface area contributed by atoms with Gasteiger partial charge in [0.25, 0.3) is 0 Å². The number of pyridine rings is 1. The van der Waals surface area contributed by atoms with Crippen LogP contribution in [-0.2, 0) is 0 Å². The van der Waals surface area contributed by atoms with Crippen LogP contribution in [0.1, 0.15) is 16.8 Å². The van der Waals surface area contributed by atoms with E-state index in [0.29, 0.717) is 11.2 Å². The van der Waals surface area contributed by atoms with Crippen molar-refractivity contribution >= 4 is 11.0 Å². The molecule has 0 spiro atoms. The first-order valence-corrected chi connectivity index (χ1v) is 8.34. The largest absolute Gasteiger partial charge is 0.508 e. The van der Waals surface area contributed by atoms with Crippen molar-refractivity contribution in [2.24, 2.45) is 0 Å². The fourth-order valence-corrected chi connectivity index (χ4v) is 3.21. The highest BCUT2D eigenvalue weighted by atomic mass is 19.1. The zero-order valence-electron chi connectivity index (χ0n) is 14.7. The average molecular weight is 358 g/mol. The average Bonchev–Trinajstić information content (AvgIpc) is 3.02. The molecule has 0 aliphatic rings. The summed E-state index contributed by atoms with van der Waals surface area (Å²) in [5.74, 6) is -0.842. The van der Waals surface area contributed by atoms with Crippen molar-refractivity contribution in [3.63, 3.8) is 0 Å². The number of phenols is 1. The lowest BCUT2D eigenvalue weighted by molar-refractivity contribution is 0.469. The first kappa shape index (κ1) is 16.7. The molecule has 6 heteroatoms. The van der Waals surface area contributed by atoms with E-state index >= 15 is 0 Å². The molecule has 0 amide bonds. The van der Waals surface area contributed by atoms with Crippen LogP contribution in [-0.4, -0.2) is 20.3 Å². The smallest absolute Gasteiger partial charge is 0.182 e. The standard InChI is InChI=1S/C21H15FN4O/c1-11-3-5-13(6-4-11)19-16(10-23)20(15-8-7-14(27)9-17(15)22)24-21-18(19)12(2)25-26-21/h3-9,27H,1-2H3,(H,24,25,26). The number of nitriles is 1. The maximum absolute atomic E-state index is 14.5. The van der Waals surface area contributed by atoms with Gasteiger partial charge >= 0.3 is 0 Å². The van der Waals surface area contributed by atoms with E-state index in [9.17, 15) is 14.8 Å². The van der Waals surface area contributed by atoms with Gasteiger partial charge in [-0.2, -0.15) is 10.4 Å². The normalized spacial score (nSPS) is 10.9. The third-order valence-corrected chi connectivity index (χ3v) is 4.54. The molecule has 0 bridgehead atoms. The second kappa shape index (κ2) is 6.22. The summed E-state index contributed by atoms with van der Waals surface area (Å²) in [5.41, 5.74) is 4.37. The van der Waals surface area contributed by atoms with Crippen LogP contribution in [0.4, 0.5) is 4.39 Å². The Hall–Kier alpha value is -3.72. The molecule has 4 rings (SSSR count). The Morgan fingerprint density at radius 2 is 1.85 bits per heavy atom. The number of phenolic OH excluding ortho intramolecular Hbond substituents is 1. The molecule has 2 heterocycles. The number of rotatable bonds is 2. The molecule has 132 valence electrons. The highest BCUT2D eigenvalue weighted by molar-refractivity contribution is 6.00. The number of aromatic amines is 1. The van der Waals surface area contributed by atoms with Crippen molar-refractivity contribution in [2.45, 2.75) is 13.8 Å². The molecule has 2 aromatic heterocycles. The Kier molecular flexibility index (Phi) is 3.85. The van der Waals surface area contributed by atoms with Gasteiger partial charge in [-0.3, -0.25) is 5.10 Å². The zero-order valence-corrected chi connectivity index (χ0v) is 14.7. The Labute approximate surface area is 154 Å². The molecule has 4 aromatic rings. The molecule has 27 heavy (non-hydrogen) atoms. The highest BCUT2D eigenvalue weighted by Gasteiger charge is 2.22. The van der Waals surface area contributed by atoms with Crippen LogP contribution in [0.2, 0.25) is 0 Å². The Morgan fingerprint density at radius 1 is 1.11 bits per heavy atom. The Balaban J connectivity index is 2.13. The van der Waals surface area contributed by atoms with Crippen LogP contribution in [0.5, 0.6) is 5.75 Å². The summed E-state index contributed by atoms with van der Waals surface area (Å²) in [6, 6.07) is 13.7.